The van der Waals surface area contributed by atoms with Crippen molar-refractivity contribution in [3.05, 3.63) is 23.8 Å². The van der Waals surface area contributed by atoms with E-state index < -0.39 is 11.7 Å². The number of benzene rings is 1. The molecule has 0 aliphatic carbocycles. The van der Waals surface area contributed by atoms with Crippen molar-refractivity contribution in [3.8, 4) is 5.75 Å². The van der Waals surface area contributed by atoms with E-state index in [1.165, 1.54) is 7.11 Å². The number of ether oxygens (including phenoxy) is 2. The number of methoxy groups -OCH3 is 1. The molecule has 0 aliphatic rings. The molecule has 0 saturated heterocycles. The highest BCUT2D eigenvalue weighted by Crippen LogP contribution is 2.26. The summed E-state index contributed by atoms with van der Waals surface area (Å²) in [7, 11) is 1.54. The Balaban J connectivity index is 2.80. The molecule has 0 atom stereocenters. The minimum Gasteiger partial charge on any atom is -0.495 e. The van der Waals surface area contributed by atoms with Crippen molar-refractivity contribution in [1.29, 1.82) is 0 Å². The summed E-state index contributed by atoms with van der Waals surface area (Å²) in [6.45, 7) is 5.93. The second-order valence-corrected chi connectivity index (χ2v) is 5.04. The van der Waals surface area contributed by atoms with Gasteiger partial charge in [0.15, 0.2) is 0 Å². The van der Waals surface area contributed by atoms with E-state index in [-0.39, 0.29) is 0 Å². The summed E-state index contributed by atoms with van der Waals surface area (Å²) in [5.41, 5.74) is 3.52. The minimum atomic E-state index is -0.541. The maximum atomic E-state index is 11.7. The van der Waals surface area contributed by atoms with Crippen molar-refractivity contribution in [2.45, 2.75) is 32.9 Å². The lowest BCUT2D eigenvalue weighted by Gasteiger charge is -2.20. The molecule has 0 radical (unpaired) electrons. The van der Waals surface area contributed by atoms with Gasteiger partial charge in [-0.15, -0.1) is 0 Å². The van der Waals surface area contributed by atoms with Crippen LogP contribution in [-0.4, -0.2) is 18.8 Å². The monoisotopic (exact) mass is 267 g/mol. The molecule has 19 heavy (non-hydrogen) atoms. The van der Waals surface area contributed by atoms with Crippen LogP contribution in [0.5, 0.6) is 5.75 Å². The first kappa shape index (κ1) is 15.3. The minimum absolute atomic E-state index is 0.517. The molecule has 4 N–H and O–H groups in total. The third kappa shape index (κ3) is 5.15. The fraction of sp³-hybridized carbons (Fsp3) is 0.462. The Labute approximate surface area is 113 Å². The van der Waals surface area contributed by atoms with Crippen LogP contribution in [0.25, 0.3) is 0 Å². The molecule has 6 nitrogen and oxygen atoms in total. The first-order valence-corrected chi connectivity index (χ1v) is 5.96. The van der Waals surface area contributed by atoms with Crippen LogP contribution in [0.2, 0.25) is 0 Å². The van der Waals surface area contributed by atoms with Crippen molar-refractivity contribution in [2.24, 2.45) is 5.84 Å². The number of hydrogen-bond donors (Lipinski definition) is 3. The van der Waals surface area contributed by atoms with Gasteiger partial charge in [-0.3, -0.25) is 16.6 Å². The van der Waals surface area contributed by atoms with Gasteiger partial charge in [0.05, 0.1) is 12.8 Å². The summed E-state index contributed by atoms with van der Waals surface area (Å²) < 4.78 is 10.4. The molecule has 1 rings (SSSR count). The van der Waals surface area contributed by atoms with Gasteiger partial charge in [-0.25, -0.2) is 4.79 Å². The Hall–Kier alpha value is -1.79. The number of carbonyl (C=O) groups excluding carboxylic acids is 1. The summed E-state index contributed by atoms with van der Waals surface area (Å²) in [5.74, 6) is 5.81. The number of anilines is 1. The fourth-order valence-electron chi connectivity index (χ4n) is 1.48. The predicted octanol–water partition coefficient (Wildman–Crippen LogP) is 2.01. The number of carbonyl (C=O) groups is 1. The molecule has 0 spiro atoms. The summed E-state index contributed by atoms with van der Waals surface area (Å²) in [6, 6.07) is 5.39. The molecule has 0 fully saturated rings. The van der Waals surface area contributed by atoms with E-state index in [1.807, 2.05) is 6.07 Å². The number of nitrogens with two attached hydrogens (primary N) is 1. The highest BCUT2D eigenvalue weighted by Gasteiger charge is 2.17. The van der Waals surface area contributed by atoms with E-state index in [0.29, 0.717) is 18.0 Å². The number of nitrogens with one attached hydrogen (secondary N) is 2. The lowest BCUT2D eigenvalue weighted by Crippen LogP contribution is -2.27. The smallest absolute Gasteiger partial charge is 0.412 e. The summed E-state index contributed by atoms with van der Waals surface area (Å²) in [4.78, 5) is 11.7. The third-order valence-electron chi connectivity index (χ3n) is 2.21. The Morgan fingerprint density at radius 3 is 2.58 bits per heavy atom. The number of hydrogen-bond acceptors (Lipinski definition) is 5. The maximum absolute atomic E-state index is 11.7. The number of amides is 1. The van der Waals surface area contributed by atoms with E-state index in [2.05, 4.69) is 10.7 Å². The summed E-state index contributed by atoms with van der Waals surface area (Å²) in [6.07, 6.45) is -0.518. The Bertz CT molecular complexity index is 441. The zero-order valence-corrected chi connectivity index (χ0v) is 11.7. The lowest BCUT2D eigenvalue weighted by atomic mass is 10.2. The maximum Gasteiger partial charge on any atom is 0.412 e. The highest BCUT2D eigenvalue weighted by molar-refractivity contribution is 5.87. The Morgan fingerprint density at radius 1 is 1.37 bits per heavy atom. The van der Waals surface area contributed by atoms with Gasteiger partial charge in [-0.2, -0.15) is 0 Å². The Morgan fingerprint density at radius 2 is 2.05 bits per heavy atom. The molecule has 0 aliphatic heterocycles. The Kier molecular flexibility index (Phi) is 5.14. The average Bonchev–Trinajstić information content (AvgIpc) is 2.29. The van der Waals surface area contributed by atoms with Crippen LogP contribution >= 0.6 is 0 Å². The largest absolute Gasteiger partial charge is 0.495 e. The van der Waals surface area contributed by atoms with Crippen molar-refractivity contribution >= 4 is 11.8 Å². The second-order valence-electron chi connectivity index (χ2n) is 5.04. The van der Waals surface area contributed by atoms with Gasteiger partial charge < -0.3 is 9.47 Å². The molecular weight excluding hydrogens is 246 g/mol. The summed E-state index contributed by atoms with van der Waals surface area (Å²) in [5, 5.41) is 2.65. The number of hydrazine groups is 1. The molecule has 0 heterocycles. The van der Waals surface area contributed by atoms with Gasteiger partial charge in [0.2, 0.25) is 0 Å². The van der Waals surface area contributed by atoms with Crippen LogP contribution in [0.15, 0.2) is 18.2 Å². The topological polar surface area (TPSA) is 85.6 Å². The molecule has 106 valence electrons. The van der Waals surface area contributed by atoms with Crippen molar-refractivity contribution in [1.82, 2.24) is 5.43 Å². The first-order chi connectivity index (χ1) is 8.85. The molecule has 6 heteroatoms. The van der Waals surface area contributed by atoms with Gasteiger partial charge in [0.25, 0.3) is 0 Å². The van der Waals surface area contributed by atoms with Crippen LogP contribution in [0.1, 0.15) is 26.3 Å². The lowest BCUT2D eigenvalue weighted by molar-refractivity contribution is 0.0635. The molecule has 1 aromatic carbocycles. The van der Waals surface area contributed by atoms with Gasteiger partial charge in [0.1, 0.15) is 11.4 Å². The zero-order valence-electron chi connectivity index (χ0n) is 11.7. The molecule has 1 aromatic rings. The summed E-state index contributed by atoms with van der Waals surface area (Å²) >= 11 is 0. The van der Waals surface area contributed by atoms with Crippen LogP contribution in [0, 0.1) is 0 Å². The number of rotatable bonds is 4. The van der Waals surface area contributed by atoms with E-state index >= 15 is 0 Å². The van der Waals surface area contributed by atoms with Gasteiger partial charge in [0, 0.05) is 6.54 Å². The molecule has 0 bridgehead atoms. The molecule has 1 amide bonds. The van der Waals surface area contributed by atoms with E-state index in [0.717, 1.165) is 5.56 Å². The van der Waals surface area contributed by atoms with E-state index in [9.17, 15) is 4.79 Å². The molecule has 0 aromatic heterocycles. The van der Waals surface area contributed by atoms with Gasteiger partial charge in [-0.1, -0.05) is 6.07 Å². The van der Waals surface area contributed by atoms with Crippen molar-refractivity contribution in [2.75, 3.05) is 12.4 Å². The average molecular weight is 267 g/mol. The standard InChI is InChI=1S/C13H21N3O3/c1-13(2,3)19-12(17)16-10-6-5-9(8-15-14)7-11(10)18-4/h5-7,15H,8,14H2,1-4H3,(H,16,17). The predicted molar refractivity (Wildman–Crippen MR) is 73.9 cm³/mol. The molecule has 0 unspecified atom stereocenters. The second kappa shape index (κ2) is 6.40. The van der Waals surface area contributed by atoms with E-state index in [4.69, 9.17) is 15.3 Å². The molecule has 0 saturated carbocycles. The van der Waals surface area contributed by atoms with Crippen molar-refractivity contribution in [3.63, 3.8) is 0 Å². The van der Waals surface area contributed by atoms with Crippen molar-refractivity contribution < 1.29 is 14.3 Å². The quantitative estimate of drug-likeness (QED) is 0.574. The van der Waals surface area contributed by atoms with Crippen LogP contribution < -0.4 is 21.3 Å². The molecular formula is C13H21N3O3. The van der Waals surface area contributed by atoms with Gasteiger partial charge in [-0.05, 0) is 38.5 Å². The fourth-order valence-corrected chi connectivity index (χ4v) is 1.48. The third-order valence-corrected chi connectivity index (χ3v) is 2.21. The highest BCUT2D eigenvalue weighted by atomic mass is 16.6. The van der Waals surface area contributed by atoms with Crippen LogP contribution in [0.4, 0.5) is 10.5 Å². The van der Waals surface area contributed by atoms with Crippen LogP contribution in [-0.2, 0) is 11.3 Å². The van der Waals surface area contributed by atoms with Gasteiger partial charge >= 0.3 is 6.09 Å². The SMILES string of the molecule is COc1cc(CNN)ccc1NC(=O)OC(C)(C)C. The normalized spacial score (nSPS) is 11.0. The zero-order chi connectivity index (χ0) is 14.5. The van der Waals surface area contributed by atoms with Crippen LogP contribution in [0.3, 0.4) is 0 Å². The first-order valence-electron chi connectivity index (χ1n) is 5.96. The van der Waals surface area contributed by atoms with E-state index in [1.54, 1.807) is 32.9 Å².